The van der Waals surface area contributed by atoms with Gasteiger partial charge in [-0.2, -0.15) is 0 Å². The molecule has 3 heterocycles. The van der Waals surface area contributed by atoms with Crippen LogP contribution in [0.15, 0.2) is 43.0 Å². The average Bonchev–Trinajstić information content (AvgIpc) is 3.30. The number of aliphatic hydroxyl groups excluding tert-OH is 1. The quantitative estimate of drug-likeness (QED) is 0.487. The highest BCUT2D eigenvalue weighted by atomic mass is 31.1. The van der Waals surface area contributed by atoms with Gasteiger partial charge in [-0.15, -0.1) is 9.42 Å². The van der Waals surface area contributed by atoms with Crippen molar-refractivity contribution in [3.8, 4) is 0 Å². The maximum Gasteiger partial charge on any atom is 0.695 e. The molecule has 1 aliphatic heterocycles. The molecular weight excluding hydrogens is 420 g/mol. The molecule has 0 bridgehead atoms. The van der Waals surface area contributed by atoms with E-state index in [-0.39, 0.29) is 17.0 Å². The zero-order valence-corrected chi connectivity index (χ0v) is 16.1. The van der Waals surface area contributed by atoms with Crippen molar-refractivity contribution in [2.45, 2.75) is 24.6 Å². The largest absolute Gasteiger partial charge is 0.695 e. The SMILES string of the molecule is O=C(Nc1ncnc2c1ncn2[C@@H]1O[C@H](CO)C(O[P+](=O)O)[C@H]1F)c1ccccc1. The molecule has 0 aliphatic carbocycles. The van der Waals surface area contributed by atoms with Gasteiger partial charge in [-0.3, -0.25) is 9.36 Å². The summed E-state index contributed by atoms with van der Waals surface area (Å²) >= 11 is 0. The van der Waals surface area contributed by atoms with Crippen molar-refractivity contribution in [1.82, 2.24) is 19.5 Å². The fourth-order valence-electron chi connectivity index (χ4n) is 3.19. The Morgan fingerprint density at radius 1 is 1.30 bits per heavy atom. The average molecular weight is 436 g/mol. The Kier molecular flexibility index (Phi) is 5.75. The summed E-state index contributed by atoms with van der Waals surface area (Å²) in [7, 11) is -3.10. The third kappa shape index (κ3) is 3.78. The molecule has 1 aliphatic rings. The number of hydrogen-bond acceptors (Lipinski definition) is 8. The van der Waals surface area contributed by atoms with Crippen LogP contribution in [0.5, 0.6) is 0 Å². The lowest BCUT2D eigenvalue weighted by Crippen LogP contribution is -2.32. The fourth-order valence-corrected chi connectivity index (χ4v) is 3.65. The smallest absolute Gasteiger partial charge is 0.394 e. The lowest BCUT2D eigenvalue weighted by molar-refractivity contribution is -0.0436. The predicted molar refractivity (Wildman–Crippen MR) is 100 cm³/mol. The molecule has 156 valence electrons. The molecule has 3 N–H and O–H groups in total. The number of carbonyl (C=O) groups excluding carboxylic acids is 1. The fraction of sp³-hybridized carbons (Fsp3) is 0.294. The number of amides is 1. The summed E-state index contributed by atoms with van der Waals surface area (Å²) in [6.45, 7) is -0.620. The van der Waals surface area contributed by atoms with Gasteiger partial charge in [-0.25, -0.2) is 19.3 Å². The van der Waals surface area contributed by atoms with E-state index >= 15 is 0 Å². The monoisotopic (exact) mass is 436 g/mol. The van der Waals surface area contributed by atoms with Crippen LogP contribution in [0, 0.1) is 0 Å². The summed E-state index contributed by atoms with van der Waals surface area (Å²) in [5.74, 6) is -0.294. The highest BCUT2D eigenvalue weighted by molar-refractivity contribution is 7.32. The van der Waals surface area contributed by atoms with Gasteiger partial charge in [-0.05, 0) is 12.1 Å². The van der Waals surface area contributed by atoms with Gasteiger partial charge in [0.1, 0.15) is 12.4 Å². The van der Waals surface area contributed by atoms with Crippen molar-refractivity contribution in [3.63, 3.8) is 0 Å². The number of nitrogens with one attached hydrogen (secondary N) is 1. The Hall–Kier alpha value is -2.89. The van der Waals surface area contributed by atoms with Crippen molar-refractivity contribution in [3.05, 3.63) is 48.5 Å². The number of hydrogen-bond donors (Lipinski definition) is 3. The maximum absolute atomic E-state index is 14.9. The van der Waals surface area contributed by atoms with Crippen LogP contribution >= 0.6 is 8.25 Å². The highest BCUT2D eigenvalue weighted by Gasteiger charge is 2.51. The zero-order chi connectivity index (χ0) is 21.3. The molecule has 1 saturated heterocycles. The normalized spacial score (nSPS) is 24.2. The summed E-state index contributed by atoms with van der Waals surface area (Å²) < 4.78 is 37.3. The molecule has 1 aromatic carbocycles. The molecule has 2 unspecified atom stereocenters. The number of nitrogens with zero attached hydrogens (tertiary/aromatic N) is 4. The zero-order valence-electron chi connectivity index (χ0n) is 15.2. The molecule has 3 aromatic rings. The van der Waals surface area contributed by atoms with Gasteiger partial charge in [0.2, 0.25) is 0 Å². The van der Waals surface area contributed by atoms with E-state index in [4.69, 9.17) is 9.63 Å². The second-order valence-corrected chi connectivity index (χ2v) is 7.05. The molecular formula is C17H16FN5O6P+. The highest BCUT2D eigenvalue weighted by Crippen LogP contribution is 2.38. The minimum absolute atomic E-state index is 0.117. The van der Waals surface area contributed by atoms with Gasteiger partial charge < -0.3 is 15.2 Å². The topological polar surface area (TPSA) is 149 Å². The summed E-state index contributed by atoms with van der Waals surface area (Å²) in [6.07, 6.45) is -3.41. The molecule has 0 spiro atoms. The van der Waals surface area contributed by atoms with E-state index in [2.05, 4.69) is 24.8 Å². The first-order valence-electron chi connectivity index (χ1n) is 8.77. The van der Waals surface area contributed by atoms with E-state index in [1.165, 1.54) is 17.2 Å². The Balaban J connectivity index is 1.63. The number of benzene rings is 1. The van der Waals surface area contributed by atoms with Crippen molar-refractivity contribution in [2.75, 3.05) is 11.9 Å². The number of carbonyl (C=O) groups is 1. The molecule has 4 rings (SSSR count). The van der Waals surface area contributed by atoms with Crippen LogP contribution in [0.25, 0.3) is 11.2 Å². The minimum Gasteiger partial charge on any atom is -0.394 e. The summed E-state index contributed by atoms with van der Waals surface area (Å²) in [5, 5.41) is 12.0. The second kappa shape index (κ2) is 8.46. The van der Waals surface area contributed by atoms with Gasteiger partial charge >= 0.3 is 8.25 Å². The predicted octanol–water partition coefficient (Wildman–Crippen LogP) is 1.34. The van der Waals surface area contributed by atoms with Gasteiger partial charge in [0.25, 0.3) is 5.91 Å². The van der Waals surface area contributed by atoms with Crippen molar-refractivity contribution >= 4 is 31.1 Å². The van der Waals surface area contributed by atoms with E-state index in [0.29, 0.717) is 5.56 Å². The first-order valence-corrected chi connectivity index (χ1v) is 9.90. The number of alkyl halides is 1. The van der Waals surface area contributed by atoms with Crippen LogP contribution < -0.4 is 5.32 Å². The maximum atomic E-state index is 14.9. The number of ether oxygens (including phenoxy) is 1. The summed E-state index contributed by atoms with van der Waals surface area (Å²) in [6, 6.07) is 8.48. The summed E-state index contributed by atoms with van der Waals surface area (Å²) in [5.41, 5.74) is 0.762. The summed E-state index contributed by atoms with van der Waals surface area (Å²) in [4.78, 5) is 33.6. The van der Waals surface area contributed by atoms with E-state index in [1.54, 1.807) is 30.3 Å². The standard InChI is InChI=1S/C17H15FN5O6P/c18-11-13(29-30(26)27)10(6-24)28-17(11)23-8-21-12-14(19-7-20-15(12)23)22-16(25)9-4-2-1-3-5-9/h1-5,7-8,10-11,13,17,24H,6H2,(H-,19,20,22,25,26,27)/p+1/t10-,11-,13?,17-/m1/s1. The van der Waals surface area contributed by atoms with E-state index in [9.17, 15) is 18.9 Å². The first-order chi connectivity index (χ1) is 14.5. The lowest BCUT2D eigenvalue weighted by Gasteiger charge is -2.15. The van der Waals surface area contributed by atoms with Gasteiger partial charge in [0.15, 0.2) is 35.5 Å². The van der Waals surface area contributed by atoms with Crippen molar-refractivity contribution < 1.29 is 33.0 Å². The van der Waals surface area contributed by atoms with Crippen LogP contribution in [0.1, 0.15) is 16.6 Å². The van der Waals surface area contributed by atoms with Crippen LogP contribution in [0.4, 0.5) is 10.2 Å². The molecule has 11 nitrogen and oxygen atoms in total. The lowest BCUT2D eigenvalue weighted by atomic mass is 10.1. The van der Waals surface area contributed by atoms with E-state index in [1.807, 2.05) is 0 Å². The number of aromatic nitrogens is 4. The molecule has 1 amide bonds. The van der Waals surface area contributed by atoms with Crippen LogP contribution in [-0.2, 0) is 13.8 Å². The Morgan fingerprint density at radius 3 is 2.77 bits per heavy atom. The molecule has 0 saturated carbocycles. The van der Waals surface area contributed by atoms with Crippen molar-refractivity contribution in [1.29, 1.82) is 0 Å². The minimum atomic E-state index is -3.10. The number of fused-ring (bicyclic) bond motifs is 1. The van der Waals surface area contributed by atoms with E-state index < -0.39 is 45.4 Å². The molecule has 30 heavy (non-hydrogen) atoms. The number of anilines is 1. The Labute approximate surface area is 169 Å². The second-order valence-electron chi connectivity index (χ2n) is 6.37. The number of rotatable bonds is 6. The van der Waals surface area contributed by atoms with Gasteiger partial charge in [0.05, 0.1) is 12.9 Å². The Bertz CT molecular complexity index is 1080. The Morgan fingerprint density at radius 2 is 2.07 bits per heavy atom. The first kappa shape index (κ1) is 20.4. The number of aliphatic hydroxyl groups is 1. The van der Waals surface area contributed by atoms with E-state index in [0.717, 1.165) is 0 Å². The van der Waals surface area contributed by atoms with Gasteiger partial charge in [0, 0.05) is 10.1 Å². The molecule has 0 radical (unpaired) electrons. The van der Waals surface area contributed by atoms with Crippen LogP contribution in [0.2, 0.25) is 0 Å². The van der Waals surface area contributed by atoms with Gasteiger partial charge in [-0.1, -0.05) is 18.2 Å². The third-order valence-electron chi connectivity index (χ3n) is 4.56. The third-order valence-corrected chi connectivity index (χ3v) is 4.98. The van der Waals surface area contributed by atoms with Crippen LogP contribution in [-0.4, -0.2) is 60.4 Å². The number of halogens is 1. The molecule has 5 atom stereocenters. The van der Waals surface area contributed by atoms with Crippen molar-refractivity contribution in [2.24, 2.45) is 0 Å². The molecule has 13 heteroatoms. The van der Waals surface area contributed by atoms with Crippen LogP contribution in [0.3, 0.4) is 0 Å². The number of imidazole rings is 1. The molecule has 2 aromatic heterocycles. The molecule has 1 fully saturated rings.